The minimum Gasteiger partial charge on any atom is -0.393 e. The Morgan fingerprint density at radius 3 is 2.33 bits per heavy atom. The highest BCUT2D eigenvalue weighted by molar-refractivity contribution is 5.94. The molecule has 0 heterocycles. The van der Waals surface area contributed by atoms with Gasteiger partial charge in [-0.2, -0.15) is 0 Å². The Hall–Kier alpha value is -1.69. The molecule has 1 aliphatic rings. The van der Waals surface area contributed by atoms with E-state index in [-0.39, 0.29) is 23.4 Å². The van der Waals surface area contributed by atoms with Crippen LogP contribution >= 0.6 is 0 Å². The third-order valence-electron chi connectivity index (χ3n) is 3.69. The average Bonchev–Trinajstić information content (AvgIpc) is 2.45. The van der Waals surface area contributed by atoms with E-state index in [4.69, 9.17) is 0 Å². The molecule has 0 bridgehead atoms. The second kappa shape index (κ2) is 6.85. The van der Waals surface area contributed by atoms with Gasteiger partial charge in [0.05, 0.1) is 6.10 Å². The Morgan fingerprint density at radius 2 is 1.81 bits per heavy atom. The van der Waals surface area contributed by atoms with Crippen LogP contribution in [-0.2, 0) is 0 Å². The molecule has 116 valence electrons. The van der Waals surface area contributed by atoms with E-state index in [1.807, 2.05) is 0 Å². The lowest BCUT2D eigenvalue weighted by molar-refractivity contribution is 0.0867. The summed E-state index contributed by atoms with van der Waals surface area (Å²) in [5.41, 5.74) is -0.243. The molecule has 4 nitrogen and oxygen atoms in total. The Bertz CT molecular complexity index is 491. The average molecular weight is 298 g/mol. The minimum absolute atomic E-state index is 0.0298. The Balaban J connectivity index is 2.05. The molecule has 0 aliphatic heterocycles. The van der Waals surface area contributed by atoms with Crippen LogP contribution in [0.4, 0.5) is 14.5 Å². The molecule has 0 radical (unpaired) electrons. The molecule has 1 aromatic carbocycles. The Kier molecular flexibility index (Phi) is 5.12. The van der Waals surface area contributed by atoms with Crippen molar-refractivity contribution < 1.29 is 18.7 Å². The molecule has 0 saturated heterocycles. The highest BCUT2D eigenvalue weighted by Crippen LogP contribution is 2.22. The van der Waals surface area contributed by atoms with Gasteiger partial charge in [0.15, 0.2) is 0 Å². The first-order valence-electron chi connectivity index (χ1n) is 7.23. The molecule has 21 heavy (non-hydrogen) atoms. The lowest BCUT2D eigenvalue weighted by Crippen LogP contribution is -2.38. The van der Waals surface area contributed by atoms with Gasteiger partial charge in [0.1, 0.15) is 17.3 Å². The van der Waals surface area contributed by atoms with E-state index >= 15 is 0 Å². The van der Waals surface area contributed by atoms with Crippen molar-refractivity contribution in [3.05, 3.63) is 29.3 Å². The van der Waals surface area contributed by atoms with Gasteiger partial charge in [-0.3, -0.25) is 4.79 Å². The largest absolute Gasteiger partial charge is 0.393 e. The fourth-order valence-corrected chi connectivity index (χ4v) is 2.54. The summed E-state index contributed by atoms with van der Waals surface area (Å²) in [4.78, 5) is 12.0. The molecule has 0 aromatic heterocycles. The molecule has 0 unspecified atom stereocenters. The van der Waals surface area contributed by atoms with E-state index in [1.165, 1.54) is 0 Å². The summed E-state index contributed by atoms with van der Waals surface area (Å²) in [6.07, 6.45) is 2.30. The lowest BCUT2D eigenvalue weighted by atomic mass is 9.93. The monoisotopic (exact) mass is 298 g/mol. The summed E-state index contributed by atoms with van der Waals surface area (Å²) >= 11 is 0. The van der Waals surface area contributed by atoms with Crippen LogP contribution in [0.15, 0.2) is 12.1 Å². The van der Waals surface area contributed by atoms with Crippen molar-refractivity contribution in [2.45, 2.75) is 44.8 Å². The van der Waals surface area contributed by atoms with Crippen molar-refractivity contribution in [3.63, 3.8) is 0 Å². The maximum atomic E-state index is 13.8. The molecular weight excluding hydrogens is 278 g/mol. The summed E-state index contributed by atoms with van der Waals surface area (Å²) in [5, 5.41) is 14.8. The predicted molar refractivity (Wildman–Crippen MR) is 76.3 cm³/mol. The summed E-state index contributed by atoms with van der Waals surface area (Å²) in [5.74, 6) is -2.04. The second-order valence-corrected chi connectivity index (χ2v) is 5.32. The van der Waals surface area contributed by atoms with Gasteiger partial charge >= 0.3 is 0 Å². The Morgan fingerprint density at radius 1 is 1.24 bits per heavy atom. The first kappa shape index (κ1) is 15.7. The first-order valence-corrected chi connectivity index (χ1v) is 7.23. The van der Waals surface area contributed by atoms with Gasteiger partial charge in [0.2, 0.25) is 0 Å². The number of amides is 1. The van der Waals surface area contributed by atoms with Gasteiger partial charge < -0.3 is 15.7 Å². The van der Waals surface area contributed by atoms with E-state index in [0.29, 0.717) is 32.2 Å². The third kappa shape index (κ3) is 3.91. The quantitative estimate of drug-likeness (QED) is 0.800. The summed E-state index contributed by atoms with van der Waals surface area (Å²) in [6, 6.07) is 2.02. The number of carbonyl (C=O) groups is 1. The Labute approximate surface area is 122 Å². The van der Waals surface area contributed by atoms with Crippen LogP contribution < -0.4 is 10.6 Å². The van der Waals surface area contributed by atoms with Crippen LogP contribution in [0.5, 0.6) is 0 Å². The molecule has 1 fully saturated rings. The van der Waals surface area contributed by atoms with Gasteiger partial charge in [-0.05, 0) is 44.7 Å². The number of nitrogens with one attached hydrogen (secondary N) is 2. The van der Waals surface area contributed by atoms with E-state index in [1.54, 1.807) is 6.92 Å². The van der Waals surface area contributed by atoms with Crippen molar-refractivity contribution in [3.8, 4) is 0 Å². The van der Waals surface area contributed by atoms with Crippen LogP contribution in [-0.4, -0.2) is 29.7 Å². The van der Waals surface area contributed by atoms with Crippen LogP contribution in [0.25, 0.3) is 0 Å². The van der Waals surface area contributed by atoms with Gasteiger partial charge in [0, 0.05) is 18.2 Å². The summed E-state index contributed by atoms with van der Waals surface area (Å²) in [6.45, 7) is 2.13. The molecule has 0 spiro atoms. The molecule has 0 atom stereocenters. The number of carbonyl (C=O) groups excluding carboxylic acids is 1. The van der Waals surface area contributed by atoms with Crippen molar-refractivity contribution in [2.24, 2.45) is 0 Å². The van der Waals surface area contributed by atoms with E-state index in [9.17, 15) is 18.7 Å². The van der Waals surface area contributed by atoms with Crippen LogP contribution in [0.1, 0.15) is 43.0 Å². The number of aliphatic hydroxyl groups excluding tert-OH is 1. The number of rotatable bonds is 4. The topological polar surface area (TPSA) is 61.4 Å². The van der Waals surface area contributed by atoms with Crippen molar-refractivity contribution >= 4 is 11.6 Å². The zero-order chi connectivity index (χ0) is 15.4. The van der Waals surface area contributed by atoms with Gasteiger partial charge in [-0.15, -0.1) is 0 Å². The van der Waals surface area contributed by atoms with Gasteiger partial charge in [-0.25, -0.2) is 8.78 Å². The van der Waals surface area contributed by atoms with Gasteiger partial charge in [-0.1, -0.05) is 0 Å². The highest BCUT2D eigenvalue weighted by Gasteiger charge is 2.22. The number of hydrogen-bond donors (Lipinski definition) is 3. The molecule has 1 amide bonds. The fraction of sp³-hybridized carbons (Fsp3) is 0.533. The zero-order valence-corrected chi connectivity index (χ0v) is 12.0. The number of hydrogen-bond acceptors (Lipinski definition) is 3. The molecule has 2 rings (SSSR count). The number of anilines is 1. The molecule has 1 saturated carbocycles. The van der Waals surface area contributed by atoms with Gasteiger partial charge in [0.25, 0.3) is 5.91 Å². The predicted octanol–water partition coefficient (Wildman–Crippen LogP) is 2.43. The highest BCUT2D eigenvalue weighted by atomic mass is 19.1. The van der Waals surface area contributed by atoms with Crippen LogP contribution in [0.3, 0.4) is 0 Å². The standard InChI is InChI=1S/C15H20F2N2O2/c1-2-18-14-12(16)7-9(8-13(14)17)15(21)19-10-3-5-11(20)6-4-10/h7-8,10-11,18,20H,2-6H2,1H3,(H,19,21). The zero-order valence-electron chi connectivity index (χ0n) is 12.0. The SMILES string of the molecule is CCNc1c(F)cc(C(=O)NC2CCC(O)CC2)cc1F. The maximum absolute atomic E-state index is 13.8. The fourth-order valence-electron chi connectivity index (χ4n) is 2.54. The second-order valence-electron chi connectivity index (χ2n) is 5.32. The van der Waals surface area contributed by atoms with E-state index in [0.717, 1.165) is 12.1 Å². The molecule has 1 aromatic rings. The minimum atomic E-state index is -0.777. The van der Waals surface area contributed by atoms with E-state index in [2.05, 4.69) is 10.6 Å². The normalized spacial score (nSPS) is 21.9. The summed E-state index contributed by atoms with van der Waals surface area (Å²) < 4.78 is 27.5. The first-order chi connectivity index (χ1) is 10.0. The molecular formula is C15H20F2N2O2. The van der Waals surface area contributed by atoms with Crippen molar-refractivity contribution in [1.29, 1.82) is 0 Å². The van der Waals surface area contributed by atoms with Crippen LogP contribution in [0, 0.1) is 11.6 Å². The van der Waals surface area contributed by atoms with Crippen molar-refractivity contribution in [1.82, 2.24) is 5.32 Å². The summed E-state index contributed by atoms with van der Waals surface area (Å²) in [7, 11) is 0. The smallest absolute Gasteiger partial charge is 0.251 e. The third-order valence-corrected chi connectivity index (χ3v) is 3.69. The molecule has 6 heteroatoms. The molecule has 1 aliphatic carbocycles. The maximum Gasteiger partial charge on any atom is 0.251 e. The number of benzene rings is 1. The molecule has 3 N–H and O–H groups in total. The lowest BCUT2D eigenvalue weighted by Gasteiger charge is -2.26. The van der Waals surface area contributed by atoms with E-state index < -0.39 is 17.5 Å². The van der Waals surface area contributed by atoms with Crippen LogP contribution in [0.2, 0.25) is 0 Å². The number of aliphatic hydroxyl groups is 1. The van der Waals surface area contributed by atoms with Crippen molar-refractivity contribution in [2.75, 3.05) is 11.9 Å². The number of halogens is 2.